The Morgan fingerprint density at radius 3 is 3.05 bits per heavy atom. The molecule has 1 heterocycles. The molecule has 5 heteroatoms. The van der Waals surface area contributed by atoms with Crippen molar-refractivity contribution in [2.75, 3.05) is 19.7 Å². The van der Waals surface area contributed by atoms with Crippen LogP contribution in [0, 0.1) is 5.92 Å². The Labute approximate surface area is 127 Å². The summed E-state index contributed by atoms with van der Waals surface area (Å²) in [6, 6.07) is 5.26. The molecule has 0 aliphatic carbocycles. The molecule has 0 aromatic heterocycles. The summed E-state index contributed by atoms with van der Waals surface area (Å²) in [5.41, 5.74) is 0. The smallest absolute Gasteiger partial charge is 0.260 e. The highest BCUT2D eigenvalue weighted by atomic mass is 79.9. The van der Waals surface area contributed by atoms with Gasteiger partial charge in [0.15, 0.2) is 6.61 Å². The van der Waals surface area contributed by atoms with Gasteiger partial charge < -0.3 is 9.64 Å². The van der Waals surface area contributed by atoms with Gasteiger partial charge in [-0.1, -0.05) is 18.5 Å². The number of ether oxygens (including phenoxy) is 1. The number of carbonyl (C=O) groups is 1. The maximum atomic E-state index is 12.1. The minimum absolute atomic E-state index is 0.0494. The molecule has 1 fully saturated rings. The Balaban J connectivity index is 1.89. The standard InChI is InChI=1S/C14H17BrClNO2/c1-10-3-2-6-17(8-10)14(18)9-19-13-5-4-11(16)7-12(13)15/h4-5,7,10H,2-3,6,8-9H2,1H3. The van der Waals surface area contributed by atoms with Crippen molar-refractivity contribution in [1.29, 1.82) is 0 Å². The normalized spacial score (nSPS) is 19.3. The van der Waals surface area contributed by atoms with Crippen LogP contribution < -0.4 is 4.74 Å². The monoisotopic (exact) mass is 345 g/mol. The number of nitrogens with zero attached hydrogens (tertiary/aromatic N) is 1. The zero-order valence-corrected chi connectivity index (χ0v) is 13.2. The van der Waals surface area contributed by atoms with Gasteiger partial charge in [0.1, 0.15) is 5.75 Å². The first-order valence-corrected chi connectivity index (χ1v) is 7.59. The van der Waals surface area contributed by atoms with E-state index in [2.05, 4.69) is 22.9 Å². The molecule has 104 valence electrons. The maximum Gasteiger partial charge on any atom is 0.260 e. The predicted octanol–water partition coefficient (Wildman–Crippen LogP) is 3.74. The van der Waals surface area contributed by atoms with Crippen LogP contribution in [0.4, 0.5) is 0 Å². The minimum atomic E-state index is 0.0494. The van der Waals surface area contributed by atoms with E-state index in [1.54, 1.807) is 18.2 Å². The Kier molecular flexibility index (Phi) is 5.11. The molecule has 1 aromatic rings. The van der Waals surface area contributed by atoms with E-state index in [1.165, 1.54) is 6.42 Å². The Hall–Kier alpha value is -0.740. The van der Waals surface area contributed by atoms with Gasteiger partial charge in [-0.15, -0.1) is 0 Å². The van der Waals surface area contributed by atoms with Crippen LogP contribution in [0.3, 0.4) is 0 Å². The highest BCUT2D eigenvalue weighted by Crippen LogP contribution is 2.28. The first-order valence-electron chi connectivity index (χ1n) is 6.42. The number of halogens is 2. The molecule has 1 atom stereocenters. The van der Waals surface area contributed by atoms with Crippen molar-refractivity contribution in [3.8, 4) is 5.75 Å². The van der Waals surface area contributed by atoms with Gasteiger partial charge in [0, 0.05) is 18.1 Å². The summed E-state index contributed by atoms with van der Waals surface area (Å²) in [7, 11) is 0. The number of carbonyl (C=O) groups excluding carboxylic acids is 1. The van der Waals surface area contributed by atoms with Gasteiger partial charge in [-0.05, 0) is 52.9 Å². The van der Waals surface area contributed by atoms with Crippen LogP contribution >= 0.6 is 27.5 Å². The summed E-state index contributed by atoms with van der Waals surface area (Å²) < 4.78 is 6.31. The molecule has 3 nitrogen and oxygen atoms in total. The van der Waals surface area contributed by atoms with E-state index < -0.39 is 0 Å². The molecule has 1 aliphatic rings. The van der Waals surface area contributed by atoms with Crippen molar-refractivity contribution in [3.05, 3.63) is 27.7 Å². The van der Waals surface area contributed by atoms with Gasteiger partial charge >= 0.3 is 0 Å². The Morgan fingerprint density at radius 1 is 1.58 bits per heavy atom. The third-order valence-electron chi connectivity index (χ3n) is 3.25. The number of piperidine rings is 1. The van der Waals surface area contributed by atoms with Crippen LogP contribution in [-0.4, -0.2) is 30.5 Å². The molecular weight excluding hydrogens is 330 g/mol. The topological polar surface area (TPSA) is 29.5 Å². The lowest BCUT2D eigenvalue weighted by atomic mass is 10.0. The maximum absolute atomic E-state index is 12.1. The van der Waals surface area contributed by atoms with E-state index >= 15 is 0 Å². The Bertz CT molecular complexity index is 467. The van der Waals surface area contributed by atoms with Gasteiger partial charge in [0.25, 0.3) is 5.91 Å². The molecule has 1 unspecified atom stereocenters. The van der Waals surface area contributed by atoms with Gasteiger partial charge in [0.05, 0.1) is 4.47 Å². The molecule has 1 saturated heterocycles. The molecule has 1 aromatic carbocycles. The van der Waals surface area contributed by atoms with Crippen molar-refractivity contribution < 1.29 is 9.53 Å². The lowest BCUT2D eigenvalue weighted by Crippen LogP contribution is -2.41. The highest BCUT2D eigenvalue weighted by Gasteiger charge is 2.21. The van der Waals surface area contributed by atoms with Crippen LogP contribution in [-0.2, 0) is 4.79 Å². The van der Waals surface area contributed by atoms with Crippen molar-refractivity contribution in [2.24, 2.45) is 5.92 Å². The largest absolute Gasteiger partial charge is 0.483 e. The first-order chi connectivity index (χ1) is 9.06. The average molecular weight is 347 g/mol. The van der Waals surface area contributed by atoms with E-state index in [-0.39, 0.29) is 12.5 Å². The number of hydrogen-bond donors (Lipinski definition) is 0. The number of likely N-dealkylation sites (tertiary alicyclic amines) is 1. The molecule has 0 N–H and O–H groups in total. The molecular formula is C14H17BrClNO2. The van der Waals surface area contributed by atoms with Crippen LogP contribution in [0.5, 0.6) is 5.75 Å². The second kappa shape index (κ2) is 6.62. The summed E-state index contributed by atoms with van der Waals surface area (Å²) in [6.45, 7) is 3.93. The lowest BCUT2D eigenvalue weighted by Gasteiger charge is -2.30. The van der Waals surface area contributed by atoms with E-state index in [0.717, 1.165) is 24.0 Å². The minimum Gasteiger partial charge on any atom is -0.483 e. The fraction of sp³-hybridized carbons (Fsp3) is 0.500. The van der Waals surface area contributed by atoms with Gasteiger partial charge in [-0.2, -0.15) is 0 Å². The first kappa shape index (κ1) is 14.7. The van der Waals surface area contributed by atoms with Crippen LogP contribution in [0.2, 0.25) is 5.02 Å². The van der Waals surface area contributed by atoms with Gasteiger partial charge in [-0.3, -0.25) is 4.79 Å². The zero-order chi connectivity index (χ0) is 13.8. The number of amides is 1. The third kappa shape index (κ3) is 4.11. The van der Waals surface area contributed by atoms with Crippen molar-refractivity contribution >= 4 is 33.4 Å². The van der Waals surface area contributed by atoms with Crippen LogP contribution in [0.25, 0.3) is 0 Å². The molecule has 0 bridgehead atoms. The average Bonchev–Trinajstić information content (AvgIpc) is 2.37. The van der Waals surface area contributed by atoms with E-state index in [0.29, 0.717) is 16.7 Å². The fourth-order valence-corrected chi connectivity index (χ4v) is 3.04. The zero-order valence-electron chi connectivity index (χ0n) is 10.9. The molecule has 2 rings (SSSR count). The van der Waals surface area contributed by atoms with E-state index in [4.69, 9.17) is 16.3 Å². The summed E-state index contributed by atoms with van der Waals surface area (Å²) in [5, 5.41) is 0.635. The van der Waals surface area contributed by atoms with E-state index in [1.807, 2.05) is 4.90 Å². The van der Waals surface area contributed by atoms with Crippen molar-refractivity contribution in [3.63, 3.8) is 0 Å². The molecule has 0 saturated carbocycles. The van der Waals surface area contributed by atoms with Crippen molar-refractivity contribution in [1.82, 2.24) is 4.90 Å². The molecule has 1 amide bonds. The number of rotatable bonds is 3. The molecule has 19 heavy (non-hydrogen) atoms. The summed E-state index contributed by atoms with van der Waals surface area (Å²) in [5.74, 6) is 1.27. The fourth-order valence-electron chi connectivity index (χ4n) is 2.24. The lowest BCUT2D eigenvalue weighted by molar-refractivity contribution is -0.135. The molecule has 0 spiro atoms. The highest BCUT2D eigenvalue weighted by molar-refractivity contribution is 9.10. The van der Waals surface area contributed by atoms with Crippen LogP contribution in [0.15, 0.2) is 22.7 Å². The summed E-state index contributed by atoms with van der Waals surface area (Å²) in [4.78, 5) is 13.9. The van der Waals surface area contributed by atoms with Crippen LogP contribution in [0.1, 0.15) is 19.8 Å². The molecule has 1 aliphatic heterocycles. The SMILES string of the molecule is CC1CCCN(C(=O)COc2ccc(Cl)cc2Br)C1. The summed E-state index contributed by atoms with van der Waals surface area (Å²) >= 11 is 9.23. The second-order valence-electron chi connectivity index (χ2n) is 4.95. The Morgan fingerprint density at radius 2 is 2.37 bits per heavy atom. The summed E-state index contributed by atoms with van der Waals surface area (Å²) in [6.07, 6.45) is 2.28. The predicted molar refractivity (Wildman–Crippen MR) is 79.6 cm³/mol. The number of benzene rings is 1. The molecule has 0 radical (unpaired) electrons. The van der Waals surface area contributed by atoms with Crippen molar-refractivity contribution in [2.45, 2.75) is 19.8 Å². The van der Waals surface area contributed by atoms with Gasteiger partial charge in [-0.25, -0.2) is 0 Å². The second-order valence-corrected chi connectivity index (χ2v) is 6.24. The van der Waals surface area contributed by atoms with Gasteiger partial charge in [0.2, 0.25) is 0 Å². The van der Waals surface area contributed by atoms with E-state index in [9.17, 15) is 4.79 Å². The number of hydrogen-bond acceptors (Lipinski definition) is 2. The quantitative estimate of drug-likeness (QED) is 0.834. The third-order valence-corrected chi connectivity index (χ3v) is 4.11.